The normalized spacial score (nSPS) is 11.1. The van der Waals surface area contributed by atoms with Crippen LogP contribution in [0.1, 0.15) is 12.8 Å². The summed E-state index contributed by atoms with van der Waals surface area (Å²) in [5, 5.41) is 0. The lowest BCUT2D eigenvalue weighted by Gasteiger charge is -1.80. The van der Waals surface area contributed by atoms with Crippen LogP contribution in [-0.2, 0) is 6.42 Å². The Morgan fingerprint density at radius 3 is 3.18 bits per heavy atom. The number of nitrogens with zero attached hydrogens (tertiary/aromatic N) is 1. The van der Waals surface area contributed by atoms with E-state index in [4.69, 9.17) is 4.42 Å². The van der Waals surface area contributed by atoms with Gasteiger partial charge in [0.1, 0.15) is 5.52 Å². The quantitative estimate of drug-likeness (QED) is 0.754. The highest BCUT2D eigenvalue weighted by atomic mass is 79.9. The molecule has 2 rings (SSSR count). The lowest BCUT2D eigenvalue weighted by Crippen LogP contribution is -1.74. The number of aromatic nitrogens is 1. The van der Waals surface area contributed by atoms with Gasteiger partial charge in [-0.15, -0.1) is 0 Å². The zero-order chi connectivity index (χ0) is 7.84. The molecular weight excluding hydrogens is 226 g/mol. The number of rotatable bonds is 1. The van der Waals surface area contributed by atoms with Crippen LogP contribution in [0.3, 0.4) is 0 Å². The molecule has 0 fully saturated rings. The molecule has 0 saturated carbocycles. The molecule has 0 aliphatic heterocycles. The summed E-state index contributed by atoms with van der Waals surface area (Å²) in [4.78, 5) is 5.18. The van der Waals surface area contributed by atoms with Crippen LogP contribution in [0.25, 0.3) is 10.4 Å². The van der Waals surface area contributed by atoms with Gasteiger partial charge in [-0.2, -0.15) is 0 Å². The molecule has 2 aromatic heterocycles. The van der Waals surface area contributed by atoms with Gasteiger partial charge in [0, 0.05) is 6.42 Å². The molecule has 0 atom stereocenters. The zero-order valence-electron chi connectivity index (χ0n) is 5.93. The van der Waals surface area contributed by atoms with Crippen molar-refractivity contribution in [3.63, 3.8) is 0 Å². The topological polar surface area (TPSA) is 26.0 Å². The monoisotopic (exact) mass is 231 g/mol. The summed E-state index contributed by atoms with van der Waals surface area (Å²) in [5.41, 5.74) is 0.957. The fraction of sp³-hybridized carbons (Fsp3) is 0.286. The molecule has 2 heterocycles. The van der Waals surface area contributed by atoms with E-state index < -0.39 is 0 Å². The van der Waals surface area contributed by atoms with Gasteiger partial charge in [0.15, 0.2) is 5.89 Å². The van der Waals surface area contributed by atoms with Gasteiger partial charge >= 0.3 is 0 Å². The Hall–Kier alpha value is -0.350. The van der Waals surface area contributed by atoms with E-state index in [0.29, 0.717) is 0 Å². The third-order valence-corrected chi connectivity index (χ3v) is 2.91. The Bertz CT molecular complexity index is 347. The summed E-state index contributed by atoms with van der Waals surface area (Å²) in [6.45, 7) is 2.03. The van der Waals surface area contributed by atoms with Crippen LogP contribution >= 0.6 is 27.3 Å². The second-order valence-electron chi connectivity index (χ2n) is 2.18. The highest BCUT2D eigenvalue weighted by Crippen LogP contribution is 2.29. The van der Waals surface area contributed by atoms with Crippen LogP contribution in [0.5, 0.6) is 0 Å². The van der Waals surface area contributed by atoms with Crippen molar-refractivity contribution in [2.75, 3.05) is 0 Å². The highest BCUT2D eigenvalue weighted by molar-refractivity contribution is 9.11. The number of oxazole rings is 1. The molecule has 0 amide bonds. The molecule has 2 aromatic rings. The van der Waals surface area contributed by atoms with E-state index in [9.17, 15) is 0 Å². The maximum Gasteiger partial charge on any atom is 0.209 e. The van der Waals surface area contributed by atoms with E-state index in [0.717, 1.165) is 26.5 Å². The summed E-state index contributed by atoms with van der Waals surface area (Å²) in [6.07, 6.45) is 0.860. The van der Waals surface area contributed by atoms with Crippen molar-refractivity contribution in [2.24, 2.45) is 0 Å². The van der Waals surface area contributed by atoms with Crippen molar-refractivity contribution in [3.05, 3.63) is 15.7 Å². The smallest absolute Gasteiger partial charge is 0.209 e. The van der Waals surface area contributed by atoms with Gasteiger partial charge in [0.25, 0.3) is 0 Å². The Kier molecular flexibility index (Phi) is 1.73. The number of hydrogen-bond donors (Lipinski definition) is 0. The fourth-order valence-electron chi connectivity index (χ4n) is 0.903. The standard InChI is InChI=1S/C7H6BrNOS/c1-2-6-9-4-3-5(8)11-7(4)10-6/h3H,2H2,1H3. The second-order valence-corrected chi connectivity index (χ2v) is 4.58. The number of hydrogen-bond acceptors (Lipinski definition) is 3. The lowest BCUT2D eigenvalue weighted by molar-refractivity contribution is 0.543. The van der Waals surface area contributed by atoms with E-state index in [-0.39, 0.29) is 0 Å². The lowest BCUT2D eigenvalue weighted by atomic mass is 10.5. The maximum atomic E-state index is 5.42. The summed E-state index contributed by atoms with van der Waals surface area (Å²) in [6, 6.07) is 1.97. The van der Waals surface area contributed by atoms with Gasteiger partial charge in [-0.1, -0.05) is 18.3 Å². The Balaban J connectivity index is 2.64. The van der Waals surface area contributed by atoms with Gasteiger partial charge < -0.3 is 4.42 Å². The molecule has 0 aromatic carbocycles. The van der Waals surface area contributed by atoms with E-state index in [1.54, 1.807) is 11.3 Å². The molecule has 0 spiro atoms. The average molecular weight is 232 g/mol. The zero-order valence-corrected chi connectivity index (χ0v) is 8.33. The minimum atomic E-state index is 0.818. The number of fused-ring (bicyclic) bond motifs is 1. The summed E-state index contributed by atoms with van der Waals surface area (Å²) in [5.74, 6) is 0.818. The Morgan fingerprint density at radius 1 is 1.73 bits per heavy atom. The van der Waals surface area contributed by atoms with E-state index in [1.165, 1.54) is 0 Å². The molecule has 0 unspecified atom stereocenters. The summed E-state index contributed by atoms with van der Waals surface area (Å²) < 4.78 is 6.49. The molecule has 0 bridgehead atoms. The SMILES string of the molecule is CCc1nc2cc(Br)sc2o1. The average Bonchev–Trinajstić information content (AvgIpc) is 2.43. The molecule has 4 heteroatoms. The Morgan fingerprint density at radius 2 is 2.55 bits per heavy atom. The van der Waals surface area contributed by atoms with Crippen LogP contribution < -0.4 is 0 Å². The minimum absolute atomic E-state index is 0.818. The van der Waals surface area contributed by atoms with Gasteiger partial charge in [-0.05, 0) is 22.0 Å². The van der Waals surface area contributed by atoms with Crippen LogP contribution in [0.4, 0.5) is 0 Å². The molecule has 58 valence electrons. The molecule has 0 aliphatic rings. The largest absolute Gasteiger partial charge is 0.430 e. The van der Waals surface area contributed by atoms with Crippen molar-refractivity contribution in [3.8, 4) is 0 Å². The van der Waals surface area contributed by atoms with E-state index in [2.05, 4.69) is 20.9 Å². The van der Waals surface area contributed by atoms with Crippen LogP contribution in [-0.4, -0.2) is 4.98 Å². The molecule has 11 heavy (non-hydrogen) atoms. The molecular formula is C7H6BrNOS. The first-order valence-electron chi connectivity index (χ1n) is 3.34. The van der Waals surface area contributed by atoms with Crippen molar-refractivity contribution in [1.82, 2.24) is 4.98 Å². The van der Waals surface area contributed by atoms with Crippen LogP contribution in [0.2, 0.25) is 0 Å². The third kappa shape index (κ3) is 1.20. The predicted molar refractivity (Wildman–Crippen MR) is 49.0 cm³/mol. The van der Waals surface area contributed by atoms with Gasteiger partial charge in [0.2, 0.25) is 4.90 Å². The Labute approximate surface area is 76.4 Å². The summed E-state index contributed by atoms with van der Waals surface area (Å²) in [7, 11) is 0. The molecule has 0 radical (unpaired) electrons. The van der Waals surface area contributed by atoms with Crippen molar-refractivity contribution >= 4 is 37.7 Å². The van der Waals surface area contributed by atoms with E-state index >= 15 is 0 Å². The van der Waals surface area contributed by atoms with Gasteiger partial charge in [0.05, 0.1) is 3.79 Å². The van der Waals surface area contributed by atoms with Crippen molar-refractivity contribution < 1.29 is 4.42 Å². The maximum absolute atomic E-state index is 5.42. The minimum Gasteiger partial charge on any atom is -0.430 e. The molecule has 0 N–H and O–H groups in total. The fourth-order valence-corrected chi connectivity index (χ4v) is 2.26. The van der Waals surface area contributed by atoms with Gasteiger partial charge in [-0.25, -0.2) is 4.98 Å². The summed E-state index contributed by atoms with van der Waals surface area (Å²) >= 11 is 4.94. The van der Waals surface area contributed by atoms with Gasteiger partial charge in [-0.3, -0.25) is 0 Å². The second kappa shape index (κ2) is 2.60. The number of aryl methyl sites for hydroxylation is 1. The number of halogens is 1. The van der Waals surface area contributed by atoms with Crippen molar-refractivity contribution in [2.45, 2.75) is 13.3 Å². The number of thiophene rings is 1. The first kappa shape index (κ1) is 7.31. The predicted octanol–water partition coefficient (Wildman–Crippen LogP) is 3.21. The molecule has 2 nitrogen and oxygen atoms in total. The highest BCUT2D eigenvalue weighted by Gasteiger charge is 2.06. The third-order valence-electron chi connectivity index (χ3n) is 1.41. The van der Waals surface area contributed by atoms with Crippen LogP contribution in [0, 0.1) is 0 Å². The van der Waals surface area contributed by atoms with E-state index in [1.807, 2.05) is 13.0 Å². The molecule has 0 saturated heterocycles. The molecule has 0 aliphatic carbocycles. The first-order chi connectivity index (χ1) is 5.29. The van der Waals surface area contributed by atoms with Crippen molar-refractivity contribution in [1.29, 1.82) is 0 Å². The first-order valence-corrected chi connectivity index (χ1v) is 4.95. The van der Waals surface area contributed by atoms with Crippen LogP contribution in [0.15, 0.2) is 14.3 Å².